The van der Waals surface area contributed by atoms with Gasteiger partial charge in [-0.25, -0.2) is 4.79 Å². The van der Waals surface area contributed by atoms with Crippen molar-refractivity contribution in [2.45, 2.75) is 52.1 Å². The van der Waals surface area contributed by atoms with Gasteiger partial charge in [0.25, 0.3) is 0 Å². The number of likely N-dealkylation sites (tertiary alicyclic amines) is 1. The van der Waals surface area contributed by atoms with Crippen LogP contribution in [0.15, 0.2) is 23.2 Å². The van der Waals surface area contributed by atoms with Crippen molar-refractivity contribution in [3.8, 4) is 0 Å². The average molecular weight is 439 g/mol. The highest BCUT2D eigenvalue weighted by Gasteiger charge is 2.26. The van der Waals surface area contributed by atoms with Crippen LogP contribution in [0.25, 0.3) is 5.70 Å². The molecule has 1 aliphatic rings. The zero-order valence-corrected chi connectivity index (χ0v) is 19.5. The van der Waals surface area contributed by atoms with Gasteiger partial charge >= 0.3 is 6.03 Å². The van der Waals surface area contributed by atoms with Crippen molar-refractivity contribution >= 4 is 41.1 Å². The van der Waals surface area contributed by atoms with Gasteiger partial charge in [-0.05, 0) is 58.8 Å². The Labute approximate surface area is 184 Å². The standard InChI is InChI=1S/C22H32Cl2N4O/c1-6-18(25-8-3)16-9-10-17(21(24)20(16)23)19(7-2)26-22(29)28(5)15-11-13-27(4)14-12-15/h6,8-10,15,19H,7,11-14H2,1-5H3,(H,26,29)/b18-6-,25-8?. The van der Waals surface area contributed by atoms with Crippen LogP contribution in [-0.4, -0.2) is 55.3 Å². The van der Waals surface area contributed by atoms with Crippen LogP contribution in [0.4, 0.5) is 4.79 Å². The molecule has 2 rings (SSSR count). The first-order valence-corrected chi connectivity index (χ1v) is 10.9. The van der Waals surface area contributed by atoms with E-state index in [2.05, 4.69) is 22.3 Å². The maximum absolute atomic E-state index is 12.9. The lowest BCUT2D eigenvalue weighted by molar-refractivity contribution is 0.145. The molecule has 0 aromatic heterocycles. The molecular weight excluding hydrogens is 407 g/mol. The second kappa shape index (κ2) is 11.0. The topological polar surface area (TPSA) is 47.9 Å². The molecule has 0 bridgehead atoms. The van der Waals surface area contributed by atoms with Gasteiger partial charge in [0.05, 0.1) is 21.8 Å². The molecule has 1 aromatic carbocycles. The van der Waals surface area contributed by atoms with Crippen molar-refractivity contribution < 1.29 is 4.79 Å². The fourth-order valence-corrected chi connectivity index (χ4v) is 4.23. The SMILES string of the molecule is CC=N/C(=C\C)c1ccc(C(CC)NC(=O)N(C)C2CCN(C)CC2)c(Cl)c1Cl. The molecule has 5 nitrogen and oxygen atoms in total. The summed E-state index contributed by atoms with van der Waals surface area (Å²) in [6.45, 7) is 7.81. The van der Waals surface area contributed by atoms with Crippen molar-refractivity contribution in [1.29, 1.82) is 0 Å². The van der Waals surface area contributed by atoms with Gasteiger partial charge in [-0.1, -0.05) is 48.3 Å². The molecule has 2 amide bonds. The Hall–Kier alpha value is -1.56. The molecule has 1 heterocycles. The third-order valence-electron chi connectivity index (χ3n) is 5.57. The number of halogens is 2. The zero-order chi connectivity index (χ0) is 21.6. The number of hydrogen-bond acceptors (Lipinski definition) is 3. The highest BCUT2D eigenvalue weighted by Crippen LogP contribution is 2.37. The Morgan fingerprint density at radius 1 is 1.31 bits per heavy atom. The number of allylic oxidation sites excluding steroid dienone is 1. The van der Waals surface area contributed by atoms with Crippen LogP contribution in [0.3, 0.4) is 0 Å². The van der Waals surface area contributed by atoms with E-state index in [1.807, 2.05) is 50.9 Å². The maximum atomic E-state index is 12.9. The van der Waals surface area contributed by atoms with Crippen LogP contribution in [0.1, 0.15) is 57.2 Å². The number of hydrogen-bond donors (Lipinski definition) is 1. The number of amides is 2. The number of aliphatic imine (C=N–C) groups is 1. The molecule has 1 unspecified atom stereocenters. The van der Waals surface area contributed by atoms with Gasteiger partial charge in [0.1, 0.15) is 0 Å². The van der Waals surface area contributed by atoms with Gasteiger partial charge in [0.15, 0.2) is 0 Å². The number of piperidine rings is 1. The van der Waals surface area contributed by atoms with Gasteiger partial charge in [-0.15, -0.1) is 0 Å². The summed E-state index contributed by atoms with van der Waals surface area (Å²) in [4.78, 5) is 21.3. The smallest absolute Gasteiger partial charge is 0.317 e. The van der Waals surface area contributed by atoms with Crippen LogP contribution in [0.2, 0.25) is 10.0 Å². The molecule has 7 heteroatoms. The first-order chi connectivity index (χ1) is 13.8. The summed E-state index contributed by atoms with van der Waals surface area (Å²) in [7, 11) is 3.99. The van der Waals surface area contributed by atoms with Crippen molar-refractivity contribution in [2.24, 2.45) is 4.99 Å². The summed E-state index contributed by atoms with van der Waals surface area (Å²) in [5.74, 6) is 0. The van der Waals surface area contributed by atoms with Gasteiger partial charge in [0.2, 0.25) is 0 Å². The first-order valence-electron chi connectivity index (χ1n) is 10.2. The molecule has 1 atom stereocenters. The fourth-order valence-electron chi connectivity index (χ4n) is 3.67. The quantitative estimate of drug-likeness (QED) is 0.584. The third-order valence-corrected chi connectivity index (χ3v) is 6.46. The third kappa shape index (κ3) is 5.74. The van der Waals surface area contributed by atoms with Gasteiger partial charge < -0.3 is 15.1 Å². The molecule has 0 aliphatic carbocycles. The van der Waals surface area contributed by atoms with E-state index in [9.17, 15) is 4.79 Å². The van der Waals surface area contributed by atoms with Crippen molar-refractivity contribution in [1.82, 2.24) is 15.1 Å². The number of carbonyl (C=O) groups excluding carboxylic acids is 1. The molecule has 1 saturated heterocycles. The number of benzene rings is 1. The number of carbonyl (C=O) groups is 1. The van der Waals surface area contributed by atoms with Crippen molar-refractivity contribution in [2.75, 3.05) is 27.2 Å². The molecule has 1 aromatic rings. The summed E-state index contributed by atoms with van der Waals surface area (Å²) >= 11 is 13.2. The highest BCUT2D eigenvalue weighted by molar-refractivity contribution is 6.43. The Balaban J connectivity index is 2.19. The molecule has 0 radical (unpaired) electrons. The lowest BCUT2D eigenvalue weighted by atomic mass is 10.0. The number of urea groups is 1. The zero-order valence-electron chi connectivity index (χ0n) is 18.0. The van der Waals surface area contributed by atoms with Crippen LogP contribution < -0.4 is 5.32 Å². The molecule has 0 saturated carbocycles. The normalized spacial score (nSPS) is 17.6. The van der Waals surface area contributed by atoms with E-state index in [1.54, 1.807) is 6.21 Å². The monoisotopic (exact) mass is 438 g/mol. The van der Waals surface area contributed by atoms with Gasteiger partial charge in [0, 0.05) is 24.9 Å². The Morgan fingerprint density at radius 2 is 1.97 bits per heavy atom. The van der Waals surface area contributed by atoms with E-state index in [4.69, 9.17) is 23.2 Å². The molecular formula is C22H32Cl2N4O. The summed E-state index contributed by atoms with van der Waals surface area (Å²) in [6.07, 6.45) is 6.31. The summed E-state index contributed by atoms with van der Waals surface area (Å²) in [5, 5.41) is 4.05. The minimum Gasteiger partial charge on any atom is -0.331 e. The van der Waals surface area contributed by atoms with Crippen LogP contribution in [0, 0.1) is 0 Å². The van der Waals surface area contributed by atoms with Crippen LogP contribution in [0.5, 0.6) is 0 Å². The largest absolute Gasteiger partial charge is 0.331 e. The molecule has 1 fully saturated rings. The Kier molecular flexibility index (Phi) is 9.00. The fraction of sp³-hybridized carbons (Fsp3) is 0.545. The second-order valence-electron chi connectivity index (χ2n) is 7.45. The molecule has 1 N–H and O–H groups in total. The second-order valence-corrected chi connectivity index (χ2v) is 8.20. The van der Waals surface area contributed by atoms with E-state index >= 15 is 0 Å². The number of rotatable bonds is 6. The highest BCUT2D eigenvalue weighted by atomic mass is 35.5. The lowest BCUT2D eigenvalue weighted by Gasteiger charge is -2.36. The first kappa shape index (κ1) is 23.7. The maximum Gasteiger partial charge on any atom is 0.317 e. The molecule has 0 spiro atoms. The minimum atomic E-state index is -0.209. The Morgan fingerprint density at radius 3 is 2.52 bits per heavy atom. The number of nitrogens with zero attached hydrogens (tertiary/aromatic N) is 3. The van der Waals surface area contributed by atoms with E-state index in [1.165, 1.54) is 0 Å². The van der Waals surface area contributed by atoms with Crippen LogP contribution in [-0.2, 0) is 0 Å². The molecule has 29 heavy (non-hydrogen) atoms. The van der Waals surface area contributed by atoms with Crippen molar-refractivity contribution in [3.05, 3.63) is 39.4 Å². The van der Waals surface area contributed by atoms with E-state index in [0.29, 0.717) is 16.5 Å². The average Bonchev–Trinajstić information content (AvgIpc) is 2.72. The predicted molar refractivity (Wildman–Crippen MR) is 124 cm³/mol. The predicted octanol–water partition coefficient (Wildman–Crippen LogP) is 5.63. The van der Waals surface area contributed by atoms with Gasteiger partial charge in [-0.2, -0.15) is 0 Å². The van der Waals surface area contributed by atoms with Gasteiger partial charge in [-0.3, -0.25) is 4.99 Å². The summed E-state index contributed by atoms with van der Waals surface area (Å²) < 4.78 is 0. The molecule has 160 valence electrons. The Bertz CT molecular complexity index is 770. The van der Waals surface area contributed by atoms with Crippen molar-refractivity contribution in [3.63, 3.8) is 0 Å². The van der Waals surface area contributed by atoms with E-state index in [-0.39, 0.29) is 18.1 Å². The van der Waals surface area contributed by atoms with E-state index in [0.717, 1.165) is 42.8 Å². The van der Waals surface area contributed by atoms with E-state index < -0.39 is 0 Å². The lowest BCUT2D eigenvalue weighted by Crippen LogP contribution is -2.48. The molecule has 1 aliphatic heterocycles. The van der Waals surface area contributed by atoms with Crippen LogP contribution >= 0.6 is 23.2 Å². The summed E-state index contributed by atoms with van der Waals surface area (Å²) in [5.41, 5.74) is 2.37. The summed E-state index contributed by atoms with van der Waals surface area (Å²) in [6, 6.07) is 3.82. The number of nitrogens with one attached hydrogen (secondary N) is 1. The minimum absolute atomic E-state index is 0.0765.